The normalized spacial score (nSPS) is 10.3. The Balaban J connectivity index is 2.33. The Labute approximate surface area is 114 Å². The number of nitro groups is 1. The Hall–Kier alpha value is -2.70. The first-order chi connectivity index (χ1) is 9.52. The van der Waals surface area contributed by atoms with Gasteiger partial charge in [0.25, 0.3) is 5.69 Å². The van der Waals surface area contributed by atoms with E-state index in [1.165, 1.54) is 18.2 Å². The van der Waals surface area contributed by atoms with Crippen LogP contribution in [0.3, 0.4) is 0 Å². The predicted molar refractivity (Wildman–Crippen MR) is 69.3 cm³/mol. The van der Waals surface area contributed by atoms with Gasteiger partial charge in [0.05, 0.1) is 11.5 Å². The quantitative estimate of drug-likeness (QED) is 0.484. The van der Waals surface area contributed by atoms with E-state index in [9.17, 15) is 14.9 Å². The molecule has 2 rings (SSSR count). The number of ether oxygens (including phenoxy) is 1. The fourth-order valence-corrected chi connectivity index (χ4v) is 1.75. The molecule has 0 fully saturated rings. The SMILES string of the molecule is CCOC(=O)c1cc(-c2ccc([N+](=O)[O-])cc2C)no1. The molecular weight excluding hydrogens is 264 g/mol. The van der Waals surface area contributed by atoms with Crippen LogP contribution in [0, 0.1) is 17.0 Å². The Morgan fingerprint density at radius 3 is 2.80 bits per heavy atom. The van der Waals surface area contributed by atoms with Gasteiger partial charge in [-0.1, -0.05) is 5.16 Å². The van der Waals surface area contributed by atoms with Gasteiger partial charge in [0.1, 0.15) is 5.69 Å². The van der Waals surface area contributed by atoms with Gasteiger partial charge in [-0.3, -0.25) is 10.1 Å². The number of nitrogens with zero attached hydrogens (tertiary/aromatic N) is 2. The minimum atomic E-state index is -0.592. The fraction of sp³-hybridized carbons (Fsp3) is 0.231. The van der Waals surface area contributed by atoms with Gasteiger partial charge in [-0.25, -0.2) is 4.79 Å². The van der Waals surface area contributed by atoms with Gasteiger partial charge < -0.3 is 9.26 Å². The van der Waals surface area contributed by atoms with E-state index in [4.69, 9.17) is 9.26 Å². The summed E-state index contributed by atoms with van der Waals surface area (Å²) >= 11 is 0. The van der Waals surface area contributed by atoms with Gasteiger partial charge in [0, 0.05) is 23.8 Å². The highest BCUT2D eigenvalue weighted by molar-refractivity contribution is 5.87. The number of benzene rings is 1. The first-order valence-corrected chi connectivity index (χ1v) is 5.92. The molecule has 0 saturated heterocycles. The lowest BCUT2D eigenvalue weighted by atomic mass is 10.0. The van der Waals surface area contributed by atoms with Crippen LogP contribution >= 0.6 is 0 Å². The third-order valence-corrected chi connectivity index (χ3v) is 2.68. The number of carbonyl (C=O) groups is 1. The van der Waals surface area contributed by atoms with Crippen molar-refractivity contribution in [3.8, 4) is 11.3 Å². The Morgan fingerprint density at radius 1 is 1.45 bits per heavy atom. The predicted octanol–water partition coefficient (Wildman–Crippen LogP) is 2.73. The van der Waals surface area contributed by atoms with Crippen molar-refractivity contribution in [1.82, 2.24) is 5.16 Å². The zero-order valence-corrected chi connectivity index (χ0v) is 11.0. The smallest absolute Gasteiger partial charge is 0.377 e. The van der Waals surface area contributed by atoms with E-state index >= 15 is 0 Å². The molecular formula is C13H12N2O5. The number of hydrogen-bond acceptors (Lipinski definition) is 6. The summed E-state index contributed by atoms with van der Waals surface area (Å²) in [6.07, 6.45) is 0. The average Bonchev–Trinajstić information content (AvgIpc) is 2.88. The lowest BCUT2D eigenvalue weighted by Gasteiger charge is -2.00. The zero-order valence-electron chi connectivity index (χ0n) is 11.0. The topological polar surface area (TPSA) is 95.5 Å². The second-order valence-corrected chi connectivity index (χ2v) is 4.05. The first kappa shape index (κ1) is 13.7. The van der Waals surface area contributed by atoms with Gasteiger partial charge in [-0.2, -0.15) is 0 Å². The molecule has 104 valence electrons. The molecule has 0 atom stereocenters. The number of rotatable bonds is 4. The number of hydrogen-bond donors (Lipinski definition) is 0. The largest absolute Gasteiger partial charge is 0.460 e. The van der Waals surface area contributed by atoms with Crippen molar-refractivity contribution in [2.24, 2.45) is 0 Å². The molecule has 0 amide bonds. The van der Waals surface area contributed by atoms with Crippen LogP contribution in [0.5, 0.6) is 0 Å². The minimum Gasteiger partial charge on any atom is -0.460 e. The van der Waals surface area contributed by atoms with Gasteiger partial charge >= 0.3 is 5.97 Å². The third kappa shape index (κ3) is 2.66. The van der Waals surface area contributed by atoms with E-state index in [0.29, 0.717) is 16.8 Å². The number of nitro benzene ring substituents is 1. The minimum absolute atomic E-state index is 0.000334. The maximum absolute atomic E-state index is 11.5. The van der Waals surface area contributed by atoms with E-state index in [2.05, 4.69) is 5.16 Å². The summed E-state index contributed by atoms with van der Waals surface area (Å²) in [6.45, 7) is 3.65. The zero-order chi connectivity index (χ0) is 14.7. The highest BCUT2D eigenvalue weighted by Crippen LogP contribution is 2.26. The third-order valence-electron chi connectivity index (χ3n) is 2.68. The van der Waals surface area contributed by atoms with Gasteiger partial charge in [-0.15, -0.1) is 0 Å². The molecule has 0 unspecified atom stereocenters. The summed E-state index contributed by atoms with van der Waals surface area (Å²) in [6, 6.07) is 5.83. The van der Waals surface area contributed by atoms with Crippen LogP contribution < -0.4 is 0 Å². The van der Waals surface area contributed by atoms with Crippen LogP contribution in [0.2, 0.25) is 0 Å². The van der Waals surface area contributed by atoms with E-state index < -0.39 is 10.9 Å². The molecule has 1 aromatic heterocycles. The fourth-order valence-electron chi connectivity index (χ4n) is 1.75. The molecule has 0 bridgehead atoms. The van der Waals surface area contributed by atoms with E-state index in [1.54, 1.807) is 19.9 Å². The molecule has 0 spiro atoms. The molecule has 20 heavy (non-hydrogen) atoms. The number of aryl methyl sites for hydroxylation is 1. The molecule has 1 aromatic carbocycles. The van der Waals surface area contributed by atoms with Gasteiger partial charge in [0.2, 0.25) is 5.76 Å². The van der Waals surface area contributed by atoms with E-state index in [-0.39, 0.29) is 18.1 Å². The number of carbonyl (C=O) groups excluding carboxylic acids is 1. The van der Waals surface area contributed by atoms with Crippen LogP contribution in [0.4, 0.5) is 5.69 Å². The van der Waals surface area contributed by atoms with Gasteiger partial charge in [0.15, 0.2) is 0 Å². The van der Waals surface area contributed by atoms with Crippen LogP contribution in [0.15, 0.2) is 28.8 Å². The van der Waals surface area contributed by atoms with E-state index in [0.717, 1.165) is 0 Å². The molecule has 0 aliphatic carbocycles. The highest BCUT2D eigenvalue weighted by Gasteiger charge is 2.17. The second-order valence-electron chi connectivity index (χ2n) is 4.05. The Morgan fingerprint density at radius 2 is 2.20 bits per heavy atom. The van der Waals surface area contributed by atoms with Crippen LogP contribution in [-0.2, 0) is 4.74 Å². The highest BCUT2D eigenvalue weighted by atomic mass is 16.6. The summed E-state index contributed by atoms with van der Waals surface area (Å²) in [7, 11) is 0. The standard InChI is InChI=1S/C13H12N2O5/c1-3-19-13(16)12-7-11(14-20-12)10-5-4-9(15(17)18)6-8(10)2/h4-7H,3H2,1-2H3. The maximum atomic E-state index is 11.5. The number of non-ortho nitro benzene ring substituents is 1. The molecule has 7 nitrogen and oxygen atoms in total. The summed E-state index contributed by atoms with van der Waals surface area (Å²) in [5.74, 6) is -0.592. The van der Waals surface area contributed by atoms with Gasteiger partial charge in [-0.05, 0) is 25.5 Å². The monoisotopic (exact) mass is 276 g/mol. The maximum Gasteiger partial charge on any atom is 0.377 e. The summed E-state index contributed by atoms with van der Waals surface area (Å²) in [5.41, 5.74) is 1.76. The van der Waals surface area contributed by atoms with Crippen molar-refractivity contribution >= 4 is 11.7 Å². The van der Waals surface area contributed by atoms with Crippen LogP contribution in [0.25, 0.3) is 11.3 Å². The number of aromatic nitrogens is 1. The van der Waals surface area contributed by atoms with Crippen molar-refractivity contribution < 1.29 is 19.0 Å². The molecule has 1 heterocycles. The van der Waals surface area contributed by atoms with Crippen molar-refractivity contribution in [2.45, 2.75) is 13.8 Å². The van der Waals surface area contributed by atoms with Crippen molar-refractivity contribution in [2.75, 3.05) is 6.61 Å². The molecule has 0 radical (unpaired) electrons. The molecule has 0 aliphatic heterocycles. The molecule has 0 aliphatic rings. The summed E-state index contributed by atoms with van der Waals surface area (Å²) in [5, 5.41) is 14.5. The lowest BCUT2D eigenvalue weighted by molar-refractivity contribution is -0.384. The molecule has 2 aromatic rings. The Kier molecular flexibility index (Phi) is 3.79. The number of esters is 1. The second kappa shape index (κ2) is 5.52. The molecule has 0 N–H and O–H groups in total. The van der Waals surface area contributed by atoms with Crippen LogP contribution in [0.1, 0.15) is 23.0 Å². The first-order valence-electron chi connectivity index (χ1n) is 5.92. The lowest BCUT2D eigenvalue weighted by Crippen LogP contribution is -2.02. The van der Waals surface area contributed by atoms with Crippen LogP contribution in [-0.4, -0.2) is 22.7 Å². The average molecular weight is 276 g/mol. The van der Waals surface area contributed by atoms with Crippen molar-refractivity contribution in [3.05, 3.63) is 45.7 Å². The van der Waals surface area contributed by atoms with Crippen molar-refractivity contribution in [1.29, 1.82) is 0 Å². The van der Waals surface area contributed by atoms with E-state index in [1.807, 2.05) is 0 Å². The molecule has 0 saturated carbocycles. The molecule has 7 heteroatoms. The summed E-state index contributed by atoms with van der Waals surface area (Å²) < 4.78 is 9.70. The Bertz CT molecular complexity index is 663. The summed E-state index contributed by atoms with van der Waals surface area (Å²) in [4.78, 5) is 21.7. The van der Waals surface area contributed by atoms with Crippen molar-refractivity contribution in [3.63, 3.8) is 0 Å².